The van der Waals surface area contributed by atoms with Crippen molar-refractivity contribution < 1.29 is 19.5 Å². The summed E-state index contributed by atoms with van der Waals surface area (Å²) in [5, 5.41) is 9.86. The highest BCUT2D eigenvalue weighted by Gasteiger charge is 2.30. The van der Waals surface area contributed by atoms with Crippen LogP contribution in [0, 0.1) is 0 Å². The number of carbonyl (C=O) groups is 3. The highest BCUT2D eigenvalue weighted by Crippen LogP contribution is 2.31. The number of halogens is 1. The van der Waals surface area contributed by atoms with Gasteiger partial charge in [-0.05, 0) is 43.7 Å². The van der Waals surface area contributed by atoms with Gasteiger partial charge in [-0.25, -0.2) is 0 Å². The Morgan fingerprint density at radius 3 is 2.46 bits per heavy atom. The molecule has 2 aromatic rings. The van der Waals surface area contributed by atoms with Gasteiger partial charge in [0.05, 0.1) is 12.5 Å². The number of anilines is 2. The molecule has 28 heavy (non-hydrogen) atoms. The molecule has 1 unspecified atom stereocenters. The Morgan fingerprint density at radius 1 is 1.11 bits per heavy atom. The molecule has 0 spiro atoms. The number of rotatable bonds is 5. The molecule has 3 rings (SSSR count). The normalized spacial score (nSPS) is 15.5. The number of benzene rings is 2. The second-order valence-electron chi connectivity index (χ2n) is 6.80. The predicted molar refractivity (Wildman–Crippen MR) is 109 cm³/mol. The quantitative estimate of drug-likeness (QED) is 0.776. The van der Waals surface area contributed by atoms with E-state index in [0.717, 1.165) is 0 Å². The summed E-state index contributed by atoms with van der Waals surface area (Å²) in [5.74, 6) is -1.92. The number of hydrogen-bond acceptors (Lipinski definition) is 4. The monoisotopic (exact) mass is 400 g/mol. The average Bonchev–Trinajstić information content (AvgIpc) is 2.67. The maximum Gasteiger partial charge on any atom is 0.310 e. The molecule has 1 amide bonds. The number of ketones is 1. The summed E-state index contributed by atoms with van der Waals surface area (Å²) in [6.07, 6.45) is 0. The highest BCUT2D eigenvalue weighted by molar-refractivity contribution is 6.31. The summed E-state index contributed by atoms with van der Waals surface area (Å²) in [4.78, 5) is 39.7. The molecule has 1 N–H and O–H groups in total. The van der Waals surface area contributed by atoms with Crippen LogP contribution in [0.4, 0.5) is 11.4 Å². The number of para-hydroxylation sites is 1. The maximum absolute atomic E-state index is 12.9. The fourth-order valence-electron chi connectivity index (χ4n) is 3.43. The minimum absolute atomic E-state index is 0.0798. The first kappa shape index (κ1) is 19.9. The van der Waals surface area contributed by atoms with Gasteiger partial charge in [-0.1, -0.05) is 29.8 Å². The van der Waals surface area contributed by atoms with Crippen LogP contribution in [0.15, 0.2) is 42.5 Å². The third-order valence-corrected chi connectivity index (χ3v) is 5.20. The molecule has 0 aromatic heterocycles. The number of nitrogens with zero attached hydrogens (tertiary/aromatic N) is 2. The Bertz CT molecular complexity index is 944. The van der Waals surface area contributed by atoms with E-state index in [1.165, 1.54) is 6.92 Å². The second kappa shape index (κ2) is 8.02. The van der Waals surface area contributed by atoms with E-state index in [1.807, 2.05) is 4.90 Å². The zero-order valence-corrected chi connectivity index (χ0v) is 16.4. The van der Waals surface area contributed by atoms with Crippen molar-refractivity contribution in [1.29, 1.82) is 0 Å². The summed E-state index contributed by atoms with van der Waals surface area (Å²) in [5.41, 5.74) is 2.37. The van der Waals surface area contributed by atoms with Crippen LogP contribution in [0.3, 0.4) is 0 Å². The molecule has 2 aromatic carbocycles. The van der Waals surface area contributed by atoms with Crippen molar-refractivity contribution in [1.82, 2.24) is 0 Å². The van der Waals surface area contributed by atoms with Crippen LogP contribution in [0.25, 0.3) is 0 Å². The molecule has 6 nitrogen and oxygen atoms in total. The smallest absolute Gasteiger partial charge is 0.310 e. The Hall–Kier alpha value is -2.86. The lowest BCUT2D eigenvalue weighted by atomic mass is 9.98. The summed E-state index contributed by atoms with van der Waals surface area (Å²) in [7, 11) is 0. The van der Waals surface area contributed by atoms with E-state index in [2.05, 4.69) is 0 Å². The average molecular weight is 401 g/mol. The van der Waals surface area contributed by atoms with Crippen LogP contribution in [0.1, 0.15) is 35.7 Å². The van der Waals surface area contributed by atoms with Crippen LogP contribution in [0.5, 0.6) is 0 Å². The molecule has 146 valence electrons. The molecule has 1 aliphatic rings. The van der Waals surface area contributed by atoms with Crippen LogP contribution < -0.4 is 9.80 Å². The first-order chi connectivity index (χ1) is 13.3. The van der Waals surface area contributed by atoms with Crippen LogP contribution in [-0.4, -0.2) is 42.4 Å². The predicted octanol–water partition coefficient (Wildman–Crippen LogP) is 3.58. The Kier molecular flexibility index (Phi) is 5.70. The zero-order valence-electron chi connectivity index (χ0n) is 15.7. The van der Waals surface area contributed by atoms with E-state index in [4.69, 9.17) is 11.6 Å². The maximum atomic E-state index is 12.9. The number of carboxylic acids is 1. The van der Waals surface area contributed by atoms with Gasteiger partial charge in [0.1, 0.15) is 0 Å². The molecule has 0 saturated carbocycles. The van der Waals surface area contributed by atoms with E-state index < -0.39 is 11.9 Å². The summed E-state index contributed by atoms with van der Waals surface area (Å²) in [6.45, 7) is 4.05. The van der Waals surface area contributed by atoms with Crippen molar-refractivity contribution in [2.45, 2.75) is 19.8 Å². The molecule has 1 fully saturated rings. The van der Waals surface area contributed by atoms with E-state index in [1.54, 1.807) is 54.3 Å². The Balaban J connectivity index is 1.89. The number of aliphatic carboxylic acids is 1. The first-order valence-corrected chi connectivity index (χ1v) is 9.35. The molecule has 1 heterocycles. The number of carboxylic acid groups (broad SMARTS) is 1. The van der Waals surface area contributed by atoms with Gasteiger partial charge in [0.25, 0.3) is 0 Å². The molecule has 0 bridgehead atoms. The standard InChI is InChI=1S/C21H21ClN2O4/c1-13(21(27)28)16-5-3-4-6-18(16)24-10-9-23(12-20(24)26)19-11-15(22)7-8-17(19)14(2)25/h3-8,11,13H,9-10,12H2,1-2H3,(H,27,28). The van der Waals surface area contributed by atoms with Crippen molar-refractivity contribution in [2.75, 3.05) is 29.4 Å². The van der Waals surface area contributed by atoms with E-state index in [0.29, 0.717) is 40.6 Å². The number of hydrogen-bond donors (Lipinski definition) is 1. The topological polar surface area (TPSA) is 77.9 Å². The third-order valence-electron chi connectivity index (χ3n) is 4.96. The van der Waals surface area contributed by atoms with Gasteiger partial charge >= 0.3 is 5.97 Å². The van der Waals surface area contributed by atoms with Gasteiger partial charge in [0, 0.05) is 35.1 Å². The number of piperazine rings is 1. The zero-order chi connectivity index (χ0) is 20.4. The van der Waals surface area contributed by atoms with E-state index in [9.17, 15) is 19.5 Å². The largest absolute Gasteiger partial charge is 0.481 e. The molecule has 0 radical (unpaired) electrons. The lowest BCUT2D eigenvalue weighted by molar-refractivity contribution is -0.138. The van der Waals surface area contributed by atoms with Gasteiger partial charge in [0.2, 0.25) is 5.91 Å². The van der Waals surface area contributed by atoms with Gasteiger partial charge in [-0.2, -0.15) is 0 Å². The van der Waals surface area contributed by atoms with E-state index >= 15 is 0 Å². The summed E-state index contributed by atoms with van der Waals surface area (Å²) in [6, 6.07) is 12.1. The molecular weight excluding hydrogens is 380 g/mol. The first-order valence-electron chi connectivity index (χ1n) is 8.97. The molecular formula is C21H21ClN2O4. The summed E-state index contributed by atoms with van der Waals surface area (Å²) < 4.78 is 0. The number of amides is 1. The van der Waals surface area contributed by atoms with Gasteiger partial charge in [-0.3, -0.25) is 14.4 Å². The molecule has 1 aliphatic heterocycles. The van der Waals surface area contributed by atoms with Crippen LogP contribution >= 0.6 is 11.6 Å². The molecule has 7 heteroatoms. The minimum atomic E-state index is -0.941. The van der Waals surface area contributed by atoms with Crippen LogP contribution in [0.2, 0.25) is 5.02 Å². The lowest BCUT2D eigenvalue weighted by Gasteiger charge is -2.37. The van der Waals surface area contributed by atoms with Crippen molar-refractivity contribution in [3.05, 3.63) is 58.6 Å². The van der Waals surface area contributed by atoms with Crippen molar-refractivity contribution in [3.8, 4) is 0 Å². The van der Waals surface area contributed by atoms with E-state index in [-0.39, 0.29) is 18.2 Å². The number of carbonyl (C=O) groups excluding carboxylic acids is 2. The van der Waals surface area contributed by atoms with Crippen molar-refractivity contribution >= 4 is 40.6 Å². The Morgan fingerprint density at radius 2 is 1.82 bits per heavy atom. The minimum Gasteiger partial charge on any atom is -0.481 e. The van der Waals surface area contributed by atoms with Gasteiger partial charge in [-0.15, -0.1) is 0 Å². The van der Waals surface area contributed by atoms with Crippen molar-refractivity contribution in [3.63, 3.8) is 0 Å². The SMILES string of the molecule is CC(=O)c1ccc(Cl)cc1N1CCN(c2ccccc2C(C)C(=O)O)C(=O)C1. The Labute approximate surface area is 168 Å². The highest BCUT2D eigenvalue weighted by atomic mass is 35.5. The third kappa shape index (κ3) is 3.87. The fraction of sp³-hybridized carbons (Fsp3) is 0.286. The molecule has 1 atom stereocenters. The molecule has 1 saturated heterocycles. The summed E-state index contributed by atoms with van der Waals surface area (Å²) >= 11 is 6.10. The number of Topliss-reactive ketones (excluding diaryl/α,β-unsaturated/α-hetero) is 1. The van der Waals surface area contributed by atoms with Gasteiger partial charge in [0.15, 0.2) is 5.78 Å². The second-order valence-corrected chi connectivity index (χ2v) is 7.24. The van der Waals surface area contributed by atoms with Crippen LogP contribution in [-0.2, 0) is 9.59 Å². The molecule has 0 aliphatic carbocycles. The fourth-order valence-corrected chi connectivity index (χ4v) is 3.60. The lowest BCUT2D eigenvalue weighted by Crippen LogP contribution is -2.51. The van der Waals surface area contributed by atoms with Gasteiger partial charge < -0.3 is 14.9 Å². The van der Waals surface area contributed by atoms with Crippen molar-refractivity contribution in [2.24, 2.45) is 0 Å².